The second-order valence-corrected chi connectivity index (χ2v) is 33.7. The minimum absolute atomic E-state index is 1.01. The van der Waals surface area contributed by atoms with E-state index in [-0.39, 0.29) is 0 Å². The Morgan fingerprint density at radius 1 is 0.846 bits per heavy atom. The van der Waals surface area contributed by atoms with Crippen molar-refractivity contribution >= 4 is 0 Å². The molecule has 0 saturated carbocycles. The van der Waals surface area contributed by atoms with Gasteiger partial charge in [0.15, 0.2) is 0 Å². The molecular formula is C11H13FeN. The van der Waals surface area contributed by atoms with Gasteiger partial charge in [0.25, 0.3) is 0 Å². The zero-order valence-corrected chi connectivity index (χ0v) is 8.44. The second-order valence-electron chi connectivity index (χ2n) is 10.0. The molecule has 10 saturated heterocycles. The number of rotatable bonds is 1. The van der Waals surface area contributed by atoms with Crippen LogP contribution in [0.5, 0.6) is 0 Å². The molecule has 0 aromatic carbocycles. The molecule has 10 heterocycles. The standard InChI is InChI=1S/C6H8N.C5H5.Fe/c7-5-6-3-1-2-4-6;1-2-4-5-3-1;/h1-4H,5,7H2;1-5H;. The molecule has 2 N–H and O–H groups in total. The average Bonchev–Trinajstić information content (AvgIpc) is 3.12. The Hall–Kier alpha value is 0.479. The van der Waals surface area contributed by atoms with Gasteiger partial charge in [-0.25, -0.2) is 0 Å². The average molecular weight is 215 g/mol. The van der Waals surface area contributed by atoms with Crippen LogP contribution in [0.3, 0.4) is 0 Å². The Kier molecular flexibility index (Phi) is 0.0832. The molecule has 1 nitrogen and oxygen atoms in total. The monoisotopic (exact) mass is 215 g/mol. The third-order valence-electron chi connectivity index (χ3n) is 15.3. The molecule has 10 aliphatic rings. The molecule has 0 amide bonds. The Bertz CT molecular complexity index is 770. The molecule has 13 heavy (non-hydrogen) atoms. The molecule has 4 atom stereocenters. The first-order chi connectivity index (χ1) is 6.11. The molecule has 2 heteroatoms. The zero-order chi connectivity index (χ0) is 7.72. The van der Waals surface area contributed by atoms with Gasteiger partial charge in [0.05, 0.1) is 0 Å². The van der Waals surface area contributed by atoms with Gasteiger partial charge in [-0.1, -0.05) is 0 Å². The summed E-state index contributed by atoms with van der Waals surface area (Å²) in [6.07, 6.45) is 0. The van der Waals surface area contributed by atoms with E-state index in [1.54, 1.807) is 0 Å². The second kappa shape index (κ2) is 0.260. The summed E-state index contributed by atoms with van der Waals surface area (Å²) < 4.78 is 1.01. The van der Waals surface area contributed by atoms with Crippen LogP contribution in [-0.2, 0) is 6.51 Å². The third kappa shape index (κ3) is 0.0292. The maximum atomic E-state index is 6.24. The van der Waals surface area contributed by atoms with Crippen LogP contribution in [0, 0.1) is 0 Å². The van der Waals surface area contributed by atoms with Crippen molar-refractivity contribution in [1.82, 2.24) is 0 Å². The summed E-state index contributed by atoms with van der Waals surface area (Å²) in [5, 5.41) is 0. The Morgan fingerprint density at radius 2 is 1.31 bits per heavy atom. The van der Waals surface area contributed by atoms with Gasteiger partial charge in [0.1, 0.15) is 0 Å². The molecule has 4 unspecified atom stereocenters. The molecule has 1 spiro atoms. The maximum absolute atomic E-state index is 6.24. The molecule has 10 rings (SSSR count). The molecule has 0 aromatic heterocycles. The number of fused-ring (bicyclic) bond motifs is 10. The van der Waals surface area contributed by atoms with Crippen molar-refractivity contribution < 1.29 is 6.51 Å². The van der Waals surface area contributed by atoms with Crippen molar-refractivity contribution in [2.75, 3.05) is 6.54 Å². The van der Waals surface area contributed by atoms with Gasteiger partial charge in [0, 0.05) is 0 Å². The van der Waals surface area contributed by atoms with Gasteiger partial charge in [-0.15, -0.1) is 0 Å². The van der Waals surface area contributed by atoms with E-state index < -0.39 is 6.51 Å². The quantitative estimate of drug-likeness (QED) is 0.668. The van der Waals surface area contributed by atoms with Crippen LogP contribution >= 0.6 is 0 Å². The van der Waals surface area contributed by atoms with Crippen LogP contribution < -0.4 is 5.73 Å². The van der Waals surface area contributed by atoms with Crippen molar-refractivity contribution in [3.8, 4) is 0 Å². The summed E-state index contributed by atoms with van der Waals surface area (Å²) in [6.45, 7) is -1.45. The van der Waals surface area contributed by atoms with E-state index in [0.717, 1.165) is 4.31 Å². The van der Waals surface area contributed by atoms with E-state index in [1.165, 1.54) is 49.9 Å². The Labute approximate surface area is 66.7 Å². The number of hydrogen-bond donors (Lipinski definition) is 1. The SMILES string of the molecule is NC[C]12[CH]3[CH]4[CH]5[CH]1[Fe]45321678[CH]2[CH]1[CH]6[CH]7[CH]28. The minimum atomic E-state index is -2.63. The van der Waals surface area contributed by atoms with Crippen molar-refractivity contribution in [3.05, 3.63) is 0 Å². The van der Waals surface area contributed by atoms with Crippen LogP contribution in [0.2, 0.25) is 47.7 Å². The number of hydrogen-bond acceptors (Lipinski definition) is 1. The van der Waals surface area contributed by atoms with E-state index in [0.29, 0.717) is 0 Å². The Balaban J connectivity index is 2.08. The molecule has 10 aliphatic heterocycles. The summed E-state index contributed by atoms with van der Waals surface area (Å²) >= 11 is 0. The zero-order valence-electron chi connectivity index (χ0n) is 7.33. The Morgan fingerprint density at radius 3 is 1.38 bits per heavy atom. The summed E-state index contributed by atoms with van der Waals surface area (Å²) in [4.78, 5) is 13.2. The van der Waals surface area contributed by atoms with Gasteiger partial charge < -0.3 is 0 Å². The van der Waals surface area contributed by atoms with Gasteiger partial charge in [-0.2, -0.15) is 0 Å². The van der Waals surface area contributed by atoms with E-state index in [2.05, 4.69) is 0 Å². The summed E-state index contributed by atoms with van der Waals surface area (Å²) in [5.41, 5.74) is 6.24. The van der Waals surface area contributed by atoms with Crippen molar-refractivity contribution in [2.24, 2.45) is 5.73 Å². The predicted octanol–water partition coefficient (Wildman–Crippen LogP) is 2.70. The molecule has 0 bridgehead atoms. The van der Waals surface area contributed by atoms with Crippen LogP contribution in [0.4, 0.5) is 0 Å². The number of nitrogens with two attached hydrogens (primary N) is 1. The fourth-order valence-electron chi connectivity index (χ4n) is 17.2. The molecule has 70 valence electrons. The van der Waals surface area contributed by atoms with Crippen LogP contribution in [0.15, 0.2) is 0 Å². The van der Waals surface area contributed by atoms with Gasteiger partial charge in [-0.05, 0) is 0 Å². The van der Waals surface area contributed by atoms with E-state index >= 15 is 0 Å². The normalized spacial score (nSPS) is 152. The fourth-order valence-corrected chi connectivity index (χ4v) is 92.1. The molecule has 0 aromatic rings. The fraction of sp³-hybridized carbons (Fsp3) is 1.00. The van der Waals surface area contributed by atoms with Crippen LogP contribution in [-0.4, -0.2) is 6.54 Å². The van der Waals surface area contributed by atoms with E-state index in [1.807, 2.05) is 0 Å². The molecule has 0 aliphatic carbocycles. The summed E-state index contributed by atoms with van der Waals surface area (Å²) in [5.74, 6) is 0. The van der Waals surface area contributed by atoms with Crippen molar-refractivity contribution in [2.45, 2.75) is 47.7 Å². The first-order valence-electron chi connectivity index (χ1n) is 6.02. The van der Waals surface area contributed by atoms with E-state index in [4.69, 9.17) is 5.73 Å². The first-order valence-corrected chi connectivity index (χ1v) is 12.3. The molecular weight excluding hydrogens is 202 g/mol. The van der Waals surface area contributed by atoms with Gasteiger partial charge in [-0.3, -0.25) is 0 Å². The van der Waals surface area contributed by atoms with Crippen molar-refractivity contribution in [3.63, 3.8) is 0 Å². The topological polar surface area (TPSA) is 26.0 Å². The van der Waals surface area contributed by atoms with E-state index in [9.17, 15) is 0 Å². The van der Waals surface area contributed by atoms with Crippen molar-refractivity contribution in [1.29, 1.82) is 0 Å². The predicted molar refractivity (Wildman–Crippen MR) is 45.5 cm³/mol. The summed E-state index contributed by atoms with van der Waals surface area (Å²) in [7, 11) is 0. The molecule has 0 radical (unpaired) electrons. The third-order valence-corrected chi connectivity index (χ3v) is 58.3. The molecule has 10 fully saturated rings. The van der Waals surface area contributed by atoms with Gasteiger partial charge in [0.2, 0.25) is 0 Å². The summed E-state index contributed by atoms with van der Waals surface area (Å²) in [6, 6.07) is 0. The van der Waals surface area contributed by atoms with Crippen LogP contribution in [0.1, 0.15) is 0 Å². The van der Waals surface area contributed by atoms with Crippen LogP contribution in [0.25, 0.3) is 0 Å². The van der Waals surface area contributed by atoms with Gasteiger partial charge >= 0.3 is 66.4 Å². The first kappa shape index (κ1) is 4.15.